The number of hydrogen-bond acceptors (Lipinski definition) is 4. The molecule has 0 amide bonds. The summed E-state index contributed by atoms with van der Waals surface area (Å²) in [5, 5.41) is 0. The van der Waals surface area contributed by atoms with E-state index in [0.717, 1.165) is 11.7 Å². The van der Waals surface area contributed by atoms with Gasteiger partial charge in [-0.25, -0.2) is 0 Å². The van der Waals surface area contributed by atoms with E-state index in [0.29, 0.717) is 0 Å². The monoisotopic (exact) mass is 246 g/mol. The normalized spacial score (nSPS) is 24.7. The zero-order valence-electron chi connectivity index (χ0n) is 10.8. The highest BCUT2D eigenvalue weighted by molar-refractivity contribution is 5.55. The Morgan fingerprint density at radius 3 is 2.44 bits per heavy atom. The number of nitrogens with zero attached hydrogens (tertiary/aromatic N) is 2. The molecule has 0 aromatic heterocycles. The van der Waals surface area contributed by atoms with Crippen LogP contribution < -0.4 is 16.2 Å². The smallest absolute Gasteiger partial charge is 0.0486 e. The quantitative estimate of drug-likeness (QED) is 0.629. The molecule has 2 fully saturated rings. The van der Waals surface area contributed by atoms with E-state index in [1.807, 2.05) is 12.1 Å². The van der Waals surface area contributed by atoms with E-state index in [4.69, 9.17) is 5.84 Å². The third-order valence-corrected chi connectivity index (χ3v) is 4.22. The van der Waals surface area contributed by atoms with Crippen LogP contribution in [0.1, 0.15) is 19.3 Å². The second-order valence-electron chi connectivity index (χ2n) is 5.32. The van der Waals surface area contributed by atoms with Crippen LogP contribution in [-0.4, -0.2) is 37.1 Å². The van der Waals surface area contributed by atoms with Crippen LogP contribution in [0.4, 0.5) is 11.4 Å². The molecule has 1 aromatic carbocycles. The number of nitrogens with one attached hydrogen (secondary N) is 1. The van der Waals surface area contributed by atoms with E-state index in [1.165, 1.54) is 51.1 Å². The van der Waals surface area contributed by atoms with Crippen molar-refractivity contribution in [1.82, 2.24) is 4.90 Å². The van der Waals surface area contributed by atoms with E-state index in [9.17, 15) is 0 Å². The first-order chi connectivity index (χ1) is 8.86. The van der Waals surface area contributed by atoms with Crippen LogP contribution in [0.5, 0.6) is 0 Å². The van der Waals surface area contributed by atoms with E-state index in [1.54, 1.807) is 0 Å². The first-order valence-electron chi connectivity index (χ1n) is 6.92. The third kappa shape index (κ3) is 2.31. The van der Waals surface area contributed by atoms with Gasteiger partial charge in [0.2, 0.25) is 0 Å². The van der Waals surface area contributed by atoms with Crippen molar-refractivity contribution < 1.29 is 0 Å². The SMILES string of the molecule is NNc1ccc(N2CCC(N3CCCC3)C2)cc1. The number of hydrazine groups is 1. The Morgan fingerprint density at radius 2 is 1.78 bits per heavy atom. The Balaban J connectivity index is 1.63. The summed E-state index contributed by atoms with van der Waals surface area (Å²) < 4.78 is 0. The number of nitrogens with two attached hydrogens (primary N) is 1. The molecule has 0 saturated carbocycles. The maximum absolute atomic E-state index is 5.39. The summed E-state index contributed by atoms with van der Waals surface area (Å²) in [7, 11) is 0. The van der Waals surface area contributed by atoms with E-state index >= 15 is 0 Å². The number of nitrogen functional groups attached to an aromatic ring is 1. The Morgan fingerprint density at radius 1 is 1.06 bits per heavy atom. The predicted octanol–water partition coefficient (Wildman–Crippen LogP) is 1.65. The highest BCUT2D eigenvalue weighted by Crippen LogP contribution is 2.26. The summed E-state index contributed by atoms with van der Waals surface area (Å²) in [6, 6.07) is 9.15. The lowest BCUT2D eigenvalue weighted by molar-refractivity contribution is 0.260. The molecule has 0 spiro atoms. The molecular weight excluding hydrogens is 224 g/mol. The van der Waals surface area contributed by atoms with Gasteiger partial charge in [-0.1, -0.05) is 0 Å². The minimum atomic E-state index is 0.764. The van der Waals surface area contributed by atoms with E-state index in [2.05, 4.69) is 27.4 Å². The molecule has 0 bridgehead atoms. The molecule has 3 rings (SSSR count). The largest absolute Gasteiger partial charge is 0.370 e. The highest BCUT2D eigenvalue weighted by atomic mass is 15.3. The van der Waals surface area contributed by atoms with Crippen molar-refractivity contribution in [2.75, 3.05) is 36.5 Å². The van der Waals surface area contributed by atoms with Gasteiger partial charge in [-0.15, -0.1) is 0 Å². The van der Waals surface area contributed by atoms with Gasteiger partial charge in [0.1, 0.15) is 0 Å². The van der Waals surface area contributed by atoms with Gasteiger partial charge in [0.25, 0.3) is 0 Å². The topological polar surface area (TPSA) is 44.5 Å². The van der Waals surface area contributed by atoms with Crippen molar-refractivity contribution in [3.8, 4) is 0 Å². The summed E-state index contributed by atoms with van der Waals surface area (Å²) in [5.74, 6) is 5.39. The van der Waals surface area contributed by atoms with Crippen LogP contribution in [0, 0.1) is 0 Å². The Kier molecular flexibility index (Phi) is 3.39. The van der Waals surface area contributed by atoms with Crippen LogP contribution in [-0.2, 0) is 0 Å². The molecule has 98 valence electrons. The molecule has 2 aliphatic rings. The fourth-order valence-electron chi connectivity index (χ4n) is 3.15. The molecule has 2 saturated heterocycles. The van der Waals surface area contributed by atoms with Gasteiger partial charge in [0.05, 0.1) is 0 Å². The number of benzene rings is 1. The lowest BCUT2D eigenvalue weighted by atomic mass is 10.2. The highest BCUT2D eigenvalue weighted by Gasteiger charge is 2.29. The second kappa shape index (κ2) is 5.16. The number of likely N-dealkylation sites (tertiary alicyclic amines) is 1. The maximum atomic E-state index is 5.39. The number of rotatable bonds is 3. The van der Waals surface area contributed by atoms with Crippen LogP contribution in [0.25, 0.3) is 0 Å². The van der Waals surface area contributed by atoms with Crippen molar-refractivity contribution in [1.29, 1.82) is 0 Å². The van der Waals surface area contributed by atoms with Gasteiger partial charge < -0.3 is 10.3 Å². The third-order valence-electron chi connectivity index (χ3n) is 4.22. The molecule has 1 atom stereocenters. The summed E-state index contributed by atoms with van der Waals surface area (Å²) in [6.45, 7) is 4.95. The molecule has 2 heterocycles. The average Bonchev–Trinajstić information content (AvgIpc) is 3.09. The van der Waals surface area contributed by atoms with E-state index < -0.39 is 0 Å². The molecule has 4 nitrogen and oxygen atoms in total. The van der Waals surface area contributed by atoms with Gasteiger partial charge in [0.15, 0.2) is 0 Å². The van der Waals surface area contributed by atoms with Gasteiger partial charge in [-0.2, -0.15) is 0 Å². The van der Waals surface area contributed by atoms with Crippen LogP contribution >= 0.6 is 0 Å². The van der Waals surface area contributed by atoms with Crippen molar-refractivity contribution in [2.45, 2.75) is 25.3 Å². The average molecular weight is 246 g/mol. The molecule has 1 aromatic rings. The van der Waals surface area contributed by atoms with Gasteiger partial charge in [-0.05, 0) is 56.6 Å². The summed E-state index contributed by atoms with van der Waals surface area (Å²) >= 11 is 0. The minimum Gasteiger partial charge on any atom is -0.370 e. The predicted molar refractivity (Wildman–Crippen MR) is 75.7 cm³/mol. The van der Waals surface area contributed by atoms with Gasteiger partial charge in [-0.3, -0.25) is 10.7 Å². The zero-order valence-corrected chi connectivity index (χ0v) is 10.8. The summed E-state index contributed by atoms with van der Waals surface area (Å²) in [6.07, 6.45) is 4.07. The molecule has 0 radical (unpaired) electrons. The number of hydrogen-bond donors (Lipinski definition) is 2. The van der Waals surface area contributed by atoms with Gasteiger partial charge >= 0.3 is 0 Å². The molecule has 4 heteroatoms. The molecule has 1 unspecified atom stereocenters. The second-order valence-corrected chi connectivity index (χ2v) is 5.32. The summed E-state index contributed by atoms with van der Waals surface area (Å²) in [5.41, 5.74) is 4.95. The Bertz CT molecular complexity index is 383. The molecule has 2 aliphatic heterocycles. The fourth-order valence-corrected chi connectivity index (χ4v) is 3.15. The van der Waals surface area contributed by atoms with Crippen molar-refractivity contribution in [3.05, 3.63) is 24.3 Å². The van der Waals surface area contributed by atoms with Crippen molar-refractivity contribution in [2.24, 2.45) is 5.84 Å². The minimum absolute atomic E-state index is 0.764. The standard InChI is InChI=1S/C14H22N4/c15-16-12-3-5-13(6-4-12)18-10-7-14(11-18)17-8-1-2-9-17/h3-6,14,16H,1-2,7-11,15H2. The fraction of sp³-hybridized carbons (Fsp3) is 0.571. The molecule has 3 N–H and O–H groups in total. The Labute approximate surface area is 109 Å². The van der Waals surface area contributed by atoms with Crippen LogP contribution in [0.3, 0.4) is 0 Å². The molecular formula is C14H22N4. The zero-order chi connectivity index (χ0) is 12.4. The van der Waals surface area contributed by atoms with Crippen LogP contribution in [0.2, 0.25) is 0 Å². The van der Waals surface area contributed by atoms with Crippen LogP contribution in [0.15, 0.2) is 24.3 Å². The van der Waals surface area contributed by atoms with Gasteiger partial charge in [0, 0.05) is 30.5 Å². The number of anilines is 2. The lowest BCUT2D eigenvalue weighted by Crippen LogP contribution is -2.35. The Hall–Kier alpha value is -1.26. The van der Waals surface area contributed by atoms with Crippen molar-refractivity contribution >= 4 is 11.4 Å². The maximum Gasteiger partial charge on any atom is 0.0486 e. The lowest BCUT2D eigenvalue weighted by Gasteiger charge is -2.24. The first kappa shape index (κ1) is 11.8. The van der Waals surface area contributed by atoms with E-state index in [-0.39, 0.29) is 0 Å². The summed E-state index contributed by atoms with van der Waals surface area (Å²) in [4.78, 5) is 5.15. The molecule has 18 heavy (non-hydrogen) atoms. The first-order valence-corrected chi connectivity index (χ1v) is 6.92. The van der Waals surface area contributed by atoms with Crippen molar-refractivity contribution in [3.63, 3.8) is 0 Å². The molecule has 0 aliphatic carbocycles.